The third kappa shape index (κ3) is 4.40. The molecule has 1 aliphatic carbocycles. The molecule has 1 unspecified atom stereocenters. The lowest BCUT2D eigenvalue weighted by Crippen LogP contribution is -2.43. The summed E-state index contributed by atoms with van der Waals surface area (Å²) in [6.07, 6.45) is 2.71. The molecule has 0 bridgehead atoms. The summed E-state index contributed by atoms with van der Waals surface area (Å²) in [7, 11) is 2.19. The monoisotopic (exact) mass is 200 g/mol. The predicted octanol–water partition coefficient (Wildman–Crippen LogP) is 0.830. The molecule has 3 nitrogen and oxygen atoms in total. The van der Waals surface area contributed by atoms with Crippen molar-refractivity contribution in [1.82, 2.24) is 10.2 Å². The van der Waals surface area contributed by atoms with Crippen LogP contribution in [-0.2, 0) is 0 Å². The topological polar surface area (TPSA) is 35.5 Å². The maximum absolute atomic E-state index is 9.51. The van der Waals surface area contributed by atoms with E-state index >= 15 is 0 Å². The van der Waals surface area contributed by atoms with Gasteiger partial charge in [-0.1, -0.05) is 0 Å². The lowest BCUT2D eigenvalue weighted by Gasteiger charge is -2.26. The molecule has 0 aliphatic heterocycles. The highest BCUT2D eigenvalue weighted by Crippen LogP contribution is 2.26. The van der Waals surface area contributed by atoms with E-state index in [0.29, 0.717) is 12.6 Å². The first kappa shape index (κ1) is 12.0. The third-order valence-electron chi connectivity index (χ3n) is 2.82. The van der Waals surface area contributed by atoms with Crippen molar-refractivity contribution in [2.45, 2.75) is 51.3 Å². The quantitative estimate of drug-likeness (QED) is 0.666. The van der Waals surface area contributed by atoms with Crippen molar-refractivity contribution in [3.8, 4) is 0 Å². The molecule has 0 aromatic carbocycles. The molecule has 1 fully saturated rings. The largest absolute Gasteiger partial charge is 0.389 e. The number of hydrogen-bond acceptors (Lipinski definition) is 3. The molecule has 2 N–H and O–H groups in total. The molecule has 3 heteroatoms. The van der Waals surface area contributed by atoms with Gasteiger partial charge in [0.1, 0.15) is 0 Å². The van der Waals surface area contributed by atoms with Crippen LogP contribution in [0.2, 0.25) is 0 Å². The van der Waals surface area contributed by atoms with Gasteiger partial charge in [-0.2, -0.15) is 0 Å². The van der Waals surface area contributed by atoms with Crippen molar-refractivity contribution in [2.75, 3.05) is 20.1 Å². The standard InChI is InChI=1S/C11H24N2O/c1-9(13(4)10-5-6-10)7-12-8-11(2,3)14/h9-10,12,14H,5-8H2,1-4H3. The number of nitrogens with one attached hydrogen (secondary N) is 1. The van der Waals surface area contributed by atoms with Crippen LogP contribution >= 0.6 is 0 Å². The Morgan fingerprint density at radius 1 is 1.50 bits per heavy atom. The van der Waals surface area contributed by atoms with Gasteiger partial charge >= 0.3 is 0 Å². The van der Waals surface area contributed by atoms with Gasteiger partial charge in [-0.3, -0.25) is 4.90 Å². The second-order valence-electron chi connectivity index (χ2n) is 5.19. The predicted molar refractivity (Wildman–Crippen MR) is 59.4 cm³/mol. The molecule has 0 heterocycles. The Bertz CT molecular complexity index is 173. The summed E-state index contributed by atoms with van der Waals surface area (Å²) in [4.78, 5) is 2.43. The fourth-order valence-electron chi connectivity index (χ4n) is 1.57. The number of rotatable bonds is 6. The Hall–Kier alpha value is -0.120. The molecule has 0 saturated heterocycles. The lowest BCUT2D eigenvalue weighted by molar-refractivity contribution is 0.0775. The van der Waals surface area contributed by atoms with Crippen molar-refractivity contribution >= 4 is 0 Å². The van der Waals surface area contributed by atoms with Crippen LogP contribution in [-0.4, -0.2) is 47.8 Å². The molecule has 84 valence electrons. The van der Waals surface area contributed by atoms with Gasteiger partial charge in [0.05, 0.1) is 5.60 Å². The Kier molecular flexibility index (Phi) is 3.93. The van der Waals surface area contributed by atoms with Gasteiger partial charge in [0.25, 0.3) is 0 Å². The highest BCUT2D eigenvalue weighted by Gasteiger charge is 2.28. The van der Waals surface area contributed by atoms with E-state index in [1.165, 1.54) is 12.8 Å². The molecule has 0 aromatic heterocycles. The molecule has 0 amide bonds. The van der Waals surface area contributed by atoms with E-state index in [1.807, 2.05) is 13.8 Å². The molecule has 14 heavy (non-hydrogen) atoms. The normalized spacial score (nSPS) is 20.1. The van der Waals surface area contributed by atoms with Crippen molar-refractivity contribution in [3.05, 3.63) is 0 Å². The second kappa shape index (κ2) is 4.60. The van der Waals surface area contributed by atoms with E-state index in [2.05, 4.69) is 24.2 Å². The van der Waals surface area contributed by atoms with Crippen molar-refractivity contribution in [3.63, 3.8) is 0 Å². The molecule has 1 rings (SSSR count). The Morgan fingerprint density at radius 3 is 2.50 bits per heavy atom. The maximum Gasteiger partial charge on any atom is 0.0715 e. The summed E-state index contributed by atoms with van der Waals surface area (Å²) in [5.41, 5.74) is -0.599. The molecule has 1 aliphatic rings. The van der Waals surface area contributed by atoms with Gasteiger partial charge in [-0.05, 0) is 40.7 Å². The summed E-state index contributed by atoms with van der Waals surface area (Å²) in [5.74, 6) is 0. The van der Waals surface area contributed by atoms with Crippen LogP contribution < -0.4 is 5.32 Å². The van der Waals surface area contributed by atoms with Crippen molar-refractivity contribution in [2.24, 2.45) is 0 Å². The summed E-state index contributed by atoms with van der Waals surface area (Å²) in [5, 5.41) is 12.8. The summed E-state index contributed by atoms with van der Waals surface area (Å²) < 4.78 is 0. The zero-order chi connectivity index (χ0) is 10.8. The highest BCUT2D eigenvalue weighted by molar-refractivity contribution is 4.86. The zero-order valence-corrected chi connectivity index (χ0v) is 9.88. The Balaban J connectivity index is 2.11. The van der Waals surface area contributed by atoms with Crippen LogP contribution in [0.15, 0.2) is 0 Å². The van der Waals surface area contributed by atoms with Gasteiger partial charge in [-0.15, -0.1) is 0 Å². The van der Waals surface area contributed by atoms with Crippen LogP contribution in [0.5, 0.6) is 0 Å². The average molecular weight is 200 g/mol. The van der Waals surface area contributed by atoms with E-state index in [9.17, 15) is 5.11 Å². The van der Waals surface area contributed by atoms with Crippen LogP contribution in [0, 0.1) is 0 Å². The van der Waals surface area contributed by atoms with Crippen molar-refractivity contribution in [1.29, 1.82) is 0 Å². The van der Waals surface area contributed by atoms with Crippen LogP contribution in [0.25, 0.3) is 0 Å². The summed E-state index contributed by atoms with van der Waals surface area (Å²) >= 11 is 0. The SMILES string of the molecule is CC(CNCC(C)(C)O)N(C)C1CC1. The smallest absolute Gasteiger partial charge is 0.0715 e. The number of nitrogens with zero attached hydrogens (tertiary/aromatic N) is 1. The summed E-state index contributed by atoms with van der Waals surface area (Å²) in [6.45, 7) is 7.51. The average Bonchev–Trinajstić information content (AvgIpc) is 2.82. The lowest BCUT2D eigenvalue weighted by atomic mass is 10.1. The molecule has 0 spiro atoms. The molecule has 1 saturated carbocycles. The Labute approximate surface area is 87.5 Å². The summed E-state index contributed by atoms with van der Waals surface area (Å²) in [6, 6.07) is 1.37. The van der Waals surface area contributed by atoms with Crippen LogP contribution in [0.3, 0.4) is 0 Å². The molecular weight excluding hydrogens is 176 g/mol. The van der Waals surface area contributed by atoms with Gasteiger partial charge in [-0.25, -0.2) is 0 Å². The van der Waals surface area contributed by atoms with Crippen LogP contribution in [0.1, 0.15) is 33.6 Å². The minimum atomic E-state index is -0.599. The second-order valence-corrected chi connectivity index (χ2v) is 5.19. The first-order valence-electron chi connectivity index (χ1n) is 5.55. The van der Waals surface area contributed by atoms with E-state index in [4.69, 9.17) is 0 Å². The van der Waals surface area contributed by atoms with E-state index in [0.717, 1.165) is 12.6 Å². The van der Waals surface area contributed by atoms with Gasteiger partial charge in [0, 0.05) is 25.2 Å². The minimum Gasteiger partial charge on any atom is -0.389 e. The van der Waals surface area contributed by atoms with E-state index in [-0.39, 0.29) is 0 Å². The van der Waals surface area contributed by atoms with Gasteiger partial charge in [0.15, 0.2) is 0 Å². The molecule has 0 aromatic rings. The maximum atomic E-state index is 9.51. The first-order chi connectivity index (χ1) is 6.40. The molecule has 1 atom stereocenters. The highest BCUT2D eigenvalue weighted by atomic mass is 16.3. The minimum absolute atomic E-state index is 0.560. The molecular formula is C11H24N2O. The van der Waals surface area contributed by atoms with E-state index in [1.54, 1.807) is 0 Å². The van der Waals surface area contributed by atoms with Crippen LogP contribution in [0.4, 0.5) is 0 Å². The number of likely N-dealkylation sites (N-methyl/N-ethyl adjacent to an activating group) is 1. The zero-order valence-electron chi connectivity index (χ0n) is 9.88. The van der Waals surface area contributed by atoms with Gasteiger partial charge in [0.2, 0.25) is 0 Å². The van der Waals surface area contributed by atoms with Crippen molar-refractivity contribution < 1.29 is 5.11 Å². The first-order valence-corrected chi connectivity index (χ1v) is 5.55. The van der Waals surface area contributed by atoms with Gasteiger partial charge < -0.3 is 10.4 Å². The van der Waals surface area contributed by atoms with E-state index < -0.39 is 5.60 Å². The fourth-order valence-corrected chi connectivity index (χ4v) is 1.57. The third-order valence-corrected chi connectivity index (χ3v) is 2.82. The number of hydrogen-bond donors (Lipinski definition) is 2. The Morgan fingerprint density at radius 2 is 2.07 bits per heavy atom. The number of aliphatic hydroxyl groups is 1. The molecule has 0 radical (unpaired) electrons. The fraction of sp³-hybridized carbons (Fsp3) is 1.00.